The number of carboxylic acids is 1. The van der Waals surface area contributed by atoms with Crippen molar-refractivity contribution in [2.45, 2.75) is 20.8 Å². The SMILES string of the molecule is CC(C)=Cc1cc(C(=O)O)cc(C)n1. The van der Waals surface area contributed by atoms with Gasteiger partial charge in [0.2, 0.25) is 0 Å². The van der Waals surface area contributed by atoms with Gasteiger partial charge in [-0.2, -0.15) is 0 Å². The molecule has 0 fully saturated rings. The van der Waals surface area contributed by atoms with Crippen LogP contribution in [0, 0.1) is 6.92 Å². The fourth-order valence-corrected chi connectivity index (χ4v) is 1.19. The molecule has 0 bridgehead atoms. The van der Waals surface area contributed by atoms with E-state index in [0.29, 0.717) is 5.69 Å². The molecule has 0 aromatic carbocycles. The zero-order valence-electron chi connectivity index (χ0n) is 8.53. The largest absolute Gasteiger partial charge is 0.478 e. The minimum absolute atomic E-state index is 0.282. The fraction of sp³-hybridized carbons (Fsp3) is 0.273. The minimum atomic E-state index is -0.918. The van der Waals surface area contributed by atoms with Crippen molar-refractivity contribution in [1.29, 1.82) is 0 Å². The summed E-state index contributed by atoms with van der Waals surface area (Å²) in [5, 5.41) is 8.82. The zero-order valence-corrected chi connectivity index (χ0v) is 8.53. The Hall–Kier alpha value is -1.64. The van der Waals surface area contributed by atoms with E-state index < -0.39 is 5.97 Å². The second-order valence-corrected chi connectivity index (χ2v) is 3.45. The molecular weight excluding hydrogens is 178 g/mol. The van der Waals surface area contributed by atoms with Crippen LogP contribution in [0.25, 0.3) is 6.08 Å². The van der Waals surface area contributed by atoms with Crippen LogP contribution < -0.4 is 0 Å². The average molecular weight is 191 g/mol. The second kappa shape index (κ2) is 4.05. The summed E-state index contributed by atoms with van der Waals surface area (Å²) in [5.74, 6) is -0.918. The quantitative estimate of drug-likeness (QED) is 0.781. The molecule has 0 radical (unpaired) electrons. The number of carboxylic acid groups (broad SMARTS) is 1. The summed E-state index contributed by atoms with van der Waals surface area (Å²) in [4.78, 5) is 15.0. The van der Waals surface area contributed by atoms with Crippen molar-refractivity contribution in [2.75, 3.05) is 0 Å². The third-order valence-corrected chi connectivity index (χ3v) is 1.66. The van der Waals surface area contributed by atoms with Gasteiger partial charge in [-0.15, -0.1) is 0 Å². The molecule has 1 rings (SSSR count). The first-order valence-corrected chi connectivity index (χ1v) is 4.36. The molecule has 0 aliphatic rings. The predicted octanol–water partition coefficient (Wildman–Crippen LogP) is 2.51. The molecule has 0 amide bonds. The van der Waals surface area contributed by atoms with Gasteiger partial charge in [0, 0.05) is 5.69 Å². The van der Waals surface area contributed by atoms with E-state index in [9.17, 15) is 4.79 Å². The van der Waals surface area contributed by atoms with Crippen LogP contribution in [0.3, 0.4) is 0 Å². The van der Waals surface area contributed by atoms with E-state index in [0.717, 1.165) is 11.3 Å². The number of nitrogens with zero attached hydrogens (tertiary/aromatic N) is 1. The van der Waals surface area contributed by atoms with E-state index in [2.05, 4.69) is 4.98 Å². The number of rotatable bonds is 2. The molecule has 3 nitrogen and oxygen atoms in total. The third-order valence-electron chi connectivity index (χ3n) is 1.66. The molecule has 1 aromatic rings. The van der Waals surface area contributed by atoms with Crippen LogP contribution in [0.4, 0.5) is 0 Å². The van der Waals surface area contributed by atoms with Crippen molar-refractivity contribution < 1.29 is 9.90 Å². The lowest BCUT2D eigenvalue weighted by Crippen LogP contribution is -1.99. The Bertz CT molecular complexity index is 390. The van der Waals surface area contributed by atoms with Crippen molar-refractivity contribution in [3.8, 4) is 0 Å². The van der Waals surface area contributed by atoms with Crippen molar-refractivity contribution in [3.63, 3.8) is 0 Å². The van der Waals surface area contributed by atoms with Gasteiger partial charge in [-0.25, -0.2) is 4.79 Å². The fourth-order valence-electron chi connectivity index (χ4n) is 1.19. The predicted molar refractivity (Wildman–Crippen MR) is 55.3 cm³/mol. The maximum atomic E-state index is 10.7. The van der Waals surface area contributed by atoms with E-state index in [1.165, 1.54) is 0 Å². The highest BCUT2D eigenvalue weighted by atomic mass is 16.4. The lowest BCUT2D eigenvalue weighted by atomic mass is 10.1. The van der Waals surface area contributed by atoms with Gasteiger partial charge >= 0.3 is 5.97 Å². The Morgan fingerprint density at radius 1 is 1.43 bits per heavy atom. The molecule has 1 heterocycles. The molecule has 1 aromatic heterocycles. The highest BCUT2D eigenvalue weighted by molar-refractivity contribution is 5.88. The number of carbonyl (C=O) groups is 1. The Balaban J connectivity index is 3.20. The molecule has 74 valence electrons. The molecule has 0 saturated heterocycles. The lowest BCUT2D eigenvalue weighted by Gasteiger charge is -2.00. The van der Waals surface area contributed by atoms with Gasteiger partial charge in [0.15, 0.2) is 0 Å². The summed E-state index contributed by atoms with van der Waals surface area (Å²) in [6, 6.07) is 3.13. The van der Waals surface area contributed by atoms with Gasteiger partial charge in [-0.05, 0) is 39.0 Å². The summed E-state index contributed by atoms with van der Waals surface area (Å²) >= 11 is 0. The van der Waals surface area contributed by atoms with Crippen molar-refractivity contribution in [1.82, 2.24) is 4.98 Å². The van der Waals surface area contributed by atoms with Crippen molar-refractivity contribution >= 4 is 12.0 Å². The Morgan fingerprint density at radius 3 is 2.57 bits per heavy atom. The first-order chi connectivity index (χ1) is 6.49. The van der Waals surface area contributed by atoms with Crippen LogP contribution in [0.2, 0.25) is 0 Å². The first kappa shape index (κ1) is 10.4. The van der Waals surface area contributed by atoms with E-state index in [1.54, 1.807) is 19.1 Å². The van der Waals surface area contributed by atoms with E-state index >= 15 is 0 Å². The Kier molecular flexibility index (Phi) is 3.02. The molecule has 0 aliphatic carbocycles. The summed E-state index contributed by atoms with van der Waals surface area (Å²) in [5.41, 5.74) is 2.80. The Morgan fingerprint density at radius 2 is 2.07 bits per heavy atom. The zero-order chi connectivity index (χ0) is 10.7. The smallest absolute Gasteiger partial charge is 0.335 e. The summed E-state index contributed by atoms with van der Waals surface area (Å²) in [6.45, 7) is 5.68. The number of hydrogen-bond acceptors (Lipinski definition) is 2. The summed E-state index contributed by atoms with van der Waals surface area (Å²) in [6.07, 6.45) is 1.86. The second-order valence-electron chi connectivity index (χ2n) is 3.45. The molecule has 0 spiro atoms. The molecule has 0 unspecified atom stereocenters. The minimum Gasteiger partial charge on any atom is -0.478 e. The highest BCUT2D eigenvalue weighted by Crippen LogP contribution is 2.09. The maximum absolute atomic E-state index is 10.7. The normalized spacial score (nSPS) is 9.64. The number of aryl methyl sites for hydroxylation is 1. The van der Waals surface area contributed by atoms with Gasteiger partial charge < -0.3 is 5.11 Å². The topological polar surface area (TPSA) is 50.2 Å². The standard InChI is InChI=1S/C11H13NO2/c1-7(2)4-10-6-9(11(13)14)5-8(3)12-10/h4-6H,1-3H3,(H,13,14). The lowest BCUT2D eigenvalue weighted by molar-refractivity contribution is 0.0696. The van der Waals surface area contributed by atoms with Crippen LogP contribution in [0.1, 0.15) is 35.6 Å². The Labute approximate surface area is 83.1 Å². The number of pyridine rings is 1. The van der Waals surface area contributed by atoms with Gasteiger partial charge in [0.25, 0.3) is 0 Å². The van der Waals surface area contributed by atoms with Crippen LogP contribution in [-0.4, -0.2) is 16.1 Å². The van der Waals surface area contributed by atoms with Crippen molar-refractivity contribution in [2.24, 2.45) is 0 Å². The summed E-state index contributed by atoms with van der Waals surface area (Å²) in [7, 11) is 0. The average Bonchev–Trinajstić information content (AvgIpc) is 2.01. The first-order valence-electron chi connectivity index (χ1n) is 4.36. The molecular formula is C11H13NO2. The molecule has 0 aliphatic heterocycles. The number of allylic oxidation sites excluding steroid dienone is 1. The van der Waals surface area contributed by atoms with E-state index in [4.69, 9.17) is 5.11 Å². The van der Waals surface area contributed by atoms with Crippen molar-refractivity contribution in [3.05, 3.63) is 34.7 Å². The molecule has 1 N–H and O–H groups in total. The van der Waals surface area contributed by atoms with Crippen LogP contribution in [0.5, 0.6) is 0 Å². The van der Waals surface area contributed by atoms with Crippen LogP contribution in [-0.2, 0) is 0 Å². The van der Waals surface area contributed by atoms with Crippen LogP contribution >= 0.6 is 0 Å². The van der Waals surface area contributed by atoms with Gasteiger partial charge in [0.1, 0.15) is 0 Å². The molecule has 0 atom stereocenters. The highest BCUT2D eigenvalue weighted by Gasteiger charge is 2.04. The molecule has 14 heavy (non-hydrogen) atoms. The van der Waals surface area contributed by atoms with Gasteiger partial charge in [-0.3, -0.25) is 4.98 Å². The monoisotopic (exact) mass is 191 g/mol. The number of hydrogen-bond donors (Lipinski definition) is 1. The molecule has 3 heteroatoms. The van der Waals surface area contributed by atoms with E-state index in [-0.39, 0.29) is 5.56 Å². The van der Waals surface area contributed by atoms with Crippen LogP contribution in [0.15, 0.2) is 17.7 Å². The van der Waals surface area contributed by atoms with E-state index in [1.807, 2.05) is 19.9 Å². The van der Waals surface area contributed by atoms with Gasteiger partial charge in [-0.1, -0.05) is 5.57 Å². The maximum Gasteiger partial charge on any atom is 0.335 e. The summed E-state index contributed by atoms with van der Waals surface area (Å²) < 4.78 is 0. The number of aromatic nitrogens is 1. The molecule has 0 saturated carbocycles. The third kappa shape index (κ3) is 2.69. The number of aromatic carboxylic acids is 1. The van der Waals surface area contributed by atoms with Gasteiger partial charge in [0.05, 0.1) is 11.3 Å².